The van der Waals surface area contributed by atoms with E-state index in [4.69, 9.17) is 11.5 Å². The van der Waals surface area contributed by atoms with Crippen LogP contribution in [0.2, 0.25) is 0 Å². The van der Waals surface area contributed by atoms with E-state index in [1.54, 1.807) is 42.7 Å². The van der Waals surface area contributed by atoms with Crippen LogP contribution in [0.3, 0.4) is 0 Å². The Balaban J connectivity index is 1.94. The molecule has 0 saturated carbocycles. The Bertz CT molecular complexity index is 851. The van der Waals surface area contributed by atoms with E-state index >= 15 is 0 Å². The van der Waals surface area contributed by atoms with Gasteiger partial charge < -0.3 is 11.5 Å². The lowest BCUT2D eigenvalue weighted by molar-refractivity contribution is 0.679. The molecule has 1 atom stereocenters. The largest absolute Gasteiger partial charge is 0.399 e. The van der Waals surface area contributed by atoms with Crippen LogP contribution in [0.1, 0.15) is 11.3 Å². The number of anilines is 2. The van der Waals surface area contributed by atoms with Crippen LogP contribution in [0, 0.1) is 0 Å². The van der Waals surface area contributed by atoms with Crippen LogP contribution in [0.25, 0.3) is 0 Å². The first-order valence-corrected chi connectivity index (χ1v) is 8.07. The molecule has 2 aromatic heterocycles. The summed E-state index contributed by atoms with van der Waals surface area (Å²) in [4.78, 5) is 13.0. The number of pyridine rings is 1. The molecule has 0 aliphatic rings. The quantitative estimate of drug-likeness (QED) is 0.708. The molecule has 3 aromatic rings. The molecular weight excluding hydrogens is 310 g/mol. The molecule has 0 amide bonds. The zero-order valence-electron chi connectivity index (χ0n) is 12.2. The second-order valence-electron chi connectivity index (χ2n) is 4.89. The highest BCUT2D eigenvalue weighted by atomic mass is 32.2. The Morgan fingerprint density at radius 1 is 0.957 bits per heavy atom. The van der Waals surface area contributed by atoms with Crippen molar-refractivity contribution in [1.29, 1.82) is 0 Å². The Morgan fingerprint density at radius 2 is 1.74 bits per heavy atom. The molecule has 6 nitrogen and oxygen atoms in total. The summed E-state index contributed by atoms with van der Waals surface area (Å²) in [5.74, 6) is 0.215. The van der Waals surface area contributed by atoms with Gasteiger partial charge in [-0.15, -0.1) is 0 Å². The second kappa shape index (κ2) is 6.53. The normalized spacial score (nSPS) is 12.0. The second-order valence-corrected chi connectivity index (χ2v) is 6.28. The molecule has 116 valence electrons. The van der Waals surface area contributed by atoms with Crippen molar-refractivity contribution in [3.05, 3.63) is 66.1 Å². The van der Waals surface area contributed by atoms with Crippen LogP contribution in [-0.2, 0) is 17.2 Å². The van der Waals surface area contributed by atoms with Crippen molar-refractivity contribution >= 4 is 22.4 Å². The zero-order valence-corrected chi connectivity index (χ0v) is 13.0. The van der Waals surface area contributed by atoms with Gasteiger partial charge in [-0.05, 0) is 42.0 Å². The number of hydrogen-bond acceptors (Lipinski definition) is 6. The number of hydrogen-bond donors (Lipinski definition) is 2. The number of nitrogens with zero attached hydrogens (tertiary/aromatic N) is 3. The highest BCUT2D eigenvalue weighted by molar-refractivity contribution is 7.85. The summed E-state index contributed by atoms with van der Waals surface area (Å²) in [5, 5.41) is 0.509. The average Bonchev–Trinajstić information content (AvgIpc) is 2.55. The summed E-state index contributed by atoms with van der Waals surface area (Å²) in [6, 6.07) is 12.4. The first-order valence-electron chi connectivity index (χ1n) is 6.92. The highest BCUT2D eigenvalue weighted by Gasteiger charge is 2.14. The first-order chi connectivity index (χ1) is 11.1. The van der Waals surface area contributed by atoms with E-state index in [0.717, 1.165) is 11.3 Å². The fourth-order valence-electron chi connectivity index (χ4n) is 2.14. The number of nitrogen functional groups attached to an aromatic ring is 2. The Labute approximate surface area is 136 Å². The minimum atomic E-state index is -1.39. The molecule has 0 bridgehead atoms. The standard InChI is InChI=1S/C16H15N5OS/c17-12-3-5-14(6-4-12)23(22)15-11(2-1-8-19-15)10-13-7-9-20-16(18)21-13/h1-9H,10,17H2,(H2,18,20,21). The van der Waals surface area contributed by atoms with Crippen molar-refractivity contribution in [1.82, 2.24) is 15.0 Å². The molecule has 0 aliphatic heterocycles. The van der Waals surface area contributed by atoms with Gasteiger partial charge in [-0.25, -0.2) is 19.2 Å². The van der Waals surface area contributed by atoms with Gasteiger partial charge in [-0.1, -0.05) is 6.07 Å². The highest BCUT2D eigenvalue weighted by Crippen LogP contribution is 2.21. The van der Waals surface area contributed by atoms with E-state index in [1.807, 2.05) is 12.1 Å². The third kappa shape index (κ3) is 3.51. The van der Waals surface area contributed by atoms with Crippen molar-refractivity contribution in [3.8, 4) is 0 Å². The molecule has 7 heteroatoms. The van der Waals surface area contributed by atoms with Crippen molar-refractivity contribution in [2.75, 3.05) is 11.5 Å². The summed E-state index contributed by atoms with van der Waals surface area (Å²) < 4.78 is 12.8. The maximum Gasteiger partial charge on any atom is 0.220 e. The summed E-state index contributed by atoms with van der Waals surface area (Å²) in [7, 11) is -1.39. The van der Waals surface area contributed by atoms with Crippen LogP contribution < -0.4 is 11.5 Å². The molecule has 4 N–H and O–H groups in total. The third-order valence-corrected chi connectivity index (χ3v) is 4.64. The molecule has 0 radical (unpaired) electrons. The SMILES string of the molecule is Nc1ccc(S(=O)c2ncccc2Cc2ccnc(N)n2)cc1. The van der Waals surface area contributed by atoms with Gasteiger partial charge in [-0.3, -0.25) is 0 Å². The van der Waals surface area contributed by atoms with Crippen molar-refractivity contribution in [2.24, 2.45) is 0 Å². The van der Waals surface area contributed by atoms with Crippen molar-refractivity contribution < 1.29 is 4.21 Å². The van der Waals surface area contributed by atoms with Gasteiger partial charge >= 0.3 is 0 Å². The van der Waals surface area contributed by atoms with E-state index in [1.165, 1.54) is 0 Å². The number of nitrogens with two attached hydrogens (primary N) is 2. The van der Waals surface area contributed by atoms with Gasteiger partial charge in [0, 0.05) is 29.4 Å². The Morgan fingerprint density at radius 3 is 2.48 bits per heavy atom. The Hall–Kier alpha value is -2.80. The maximum atomic E-state index is 12.8. The van der Waals surface area contributed by atoms with Gasteiger partial charge in [0.1, 0.15) is 15.8 Å². The van der Waals surface area contributed by atoms with Gasteiger partial charge in [0.25, 0.3) is 0 Å². The molecule has 2 heterocycles. The van der Waals surface area contributed by atoms with E-state index in [2.05, 4.69) is 15.0 Å². The van der Waals surface area contributed by atoms with E-state index in [-0.39, 0.29) is 5.95 Å². The maximum absolute atomic E-state index is 12.8. The van der Waals surface area contributed by atoms with Crippen molar-refractivity contribution in [2.45, 2.75) is 16.3 Å². The van der Waals surface area contributed by atoms with Crippen LogP contribution in [0.4, 0.5) is 11.6 Å². The molecule has 23 heavy (non-hydrogen) atoms. The van der Waals surface area contributed by atoms with E-state index in [9.17, 15) is 4.21 Å². The molecule has 0 saturated heterocycles. The molecule has 3 rings (SSSR count). The predicted molar refractivity (Wildman–Crippen MR) is 89.0 cm³/mol. The monoisotopic (exact) mass is 325 g/mol. The molecule has 0 aliphatic carbocycles. The lowest BCUT2D eigenvalue weighted by Gasteiger charge is -2.08. The molecule has 1 aromatic carbocycles. The summed E-state index contributed by atoms with van der Waals surface area (Å²) >= 11 is 0. The van der Waals surface area contributed by atoms with Gasteiger partial charge in [-0.2, -0.15) is 0 Å². The van der Waals surface area contributed by atoms with Gasteiger partial charge in [0.2, 0.25) is 5.95 Å². The van der Waals surface area contributed by atoms with Gasteiger partial charge in [0.15, 0.2) is 0 Å². The Kier molecular flexibility index (Phi) is 4.29. The summed E-state index contributed by atoms with van der Waals surface area (Å²) in [5.41, 5.74) is 13.5. The predicted octanol–water partition coefficient (Wildman–Crippen LogP) is 1.79. The number of aromatic nitrogens is 3. The van der Waals surface area contributed by atoms with Crippen LogP contribution in [0.15, 0.2) is 64.8 Å². The topological polar surface area (TPSA) is 108 Å². The number of benzene rings is 1. The zero-order chi connectivity index (χ0) is 16.2. The van der Waals surface area contributed by atoms with Gasteiger partial charge in [0.05, 0.1) is 5.69 Å². The molecular formula is C16H15N5OS. The summed E-state index contributed by atoms with van der Waals surface area (Å²) in [6.07, 6.45) is 3.71. The van der Waals surface area contributed by atoms with Crippen molar-refractivity contribution in [3.63, 3.8) is 0 Å². The van der Waals surface area contributed by atoms with Crippen LogP contribution in [-0.4, -0.2) is 19.2 Å². The fraction of sp³-hybridized carbons (Fsp3) is 0.0625. The molecule has 0 spiro atoms. The number of rotatable bonds is 4. The smallest absolute Gasteiger partial charge is 0.220 e. The minimum absolute atomic E-state index is 0.215. The average molecular weight is 325 g/mol. The summed E-state index contributed by atoms with van der Waals surface area (Å²) in [6.45, 7) is 0. The third-order valence-electron chi connectivity index (χ3n) is 3.22. The lowest BCUT2D eigenvalue weighted by Crippen LogP contribution is -2.04. The first kappa shape index (κ1) is 15.1. The lowest BCUT2D eigenvalue weighted by atomic mass is 10.1. The molecule has 0 fully saturated rings. The van der Waals surface area contributed by atoms with Crippen LogP contribution in [0.5, 0.6) is 0 Å². The molecule has 1 unspecified atom stereocenters. The van der Waals surface area contributed by atoms with E-state index in [0.29, 0.717) is 22.0 Å². The van der Waals surface area contributed by atoms with Crippen LogP contribution >= 0.6 is 0 Å². The minimum Gasteiger partial charge on any atom is -0.399 e. The van der Waals surface area contributed by atoms with E-state index < -0.39 is 10.8 Å². The fourth-order valence-corrected chi connectivity index (χ4v) is 3.28.